The fraction of sp³-hybridized carbons (Fsp3) is 0. The Bertz CT molecular complexity index is 1220. The Kier molecular flexibility index (Phi) is 4.55. The molecule has 0 radical (unpaired) electrons. The van der Waals surface area contributed by atoms with Gasteiger partial charge in [0.05, 0.1) is 5.69 Å². The predicted molar refractivity (Wildman–Crippen MR) is 103 cm³/mol. The lowest BCUT2D eigenvalue weighted by molar-refractivity contribution is 0.0996. The summed E-state index contributed by atoms with van der Waals surface area (Å²) >= 11 is 1.18. The lowest BCUT2D eigenvalue weighted by Crippen LogP contribution is -2.14. The minimum atomic E-state index is -1.67. The first kappa shape index (κ1) is 18.7. The van der Waals surface area contributed by atoms with Crippen molar-refractivity contribution in [3.63, 3.8) is 0 Å². The summed E-state index contributed by atoms with van der Waals surface area (Å²) in [7, 11) is 0. The van der Waals surface area contributed by atoms with Crippen LogP contribution < -0.4 is 11.5 Å². The van der Waals surface area contributed by atoms with Gasteiger partial charge >= 0.3 is 0 Å². The van der Waals surface area contributed by atoms with Crippen molar-refractivity contribution in [2.75, 3.05) is 5.73 Å². The number of hydrogen-bond acceptors (Lipinski definition) is 5. The number of anilines is 1. The van der Waals surface area contributed by atoms with Gasteiger partial charge in [0.25, 0.3) is 5.91 Å². The van der Waals surface area contributed by atoms with Crippen LogP contribution in [-0.2, 0) is 0 Å². The minimum absolute atomic E-state index is 0.129. The van der Waals surface area contributed by atoms with Crippen LogP contribution in [-0.4, -0.2) is 20.4 Å². The Morgan fingerprint density at radius 3 is 2.38 bits per heavy atom. The van der Waals surface area contributed by atoms with E-state index in [1.807, 2.05) is 0 Å². The Hall–Kier alpha value is -3.66. The Labute approximate surface area is 166 Å². The fourth-order valence-corrected chi connectivity index (χ4v) is 3.54. The van der Waals surface area contributed by atoms with Crippen LogP contribution in [0.3, 0.4) is 0 Å². The van der Waals surface area contributed by atoms with Gasteiger partial charge in [0.1, 0.15) is 5.82 Å². The van der Waals surface area contributed by atoms with E-state index >= 15 is 0 Å². The molecule has 4 rings (SSSR count). The number of carbonyl (C=O) groups is 1. The van der Waals surface area contributed by atoms with E-state index in [1.165, 1.54) is 22.1 Å². The van der Waals surface area contributed by atoms with Crippen molar-refractivity contribution < 1.29 is 18.0 Å². The number of halogens is 3. The van der Waals surface area contributed by atoms with Crippen molar-refractivity contribution in [3.8, 4) is 27.8 Å². The van der Waals surface area contributed by atoms with Gasteiger partial charge in [-0.05, 0) is 36.4 Å². The number of aromatic nitrogens is 3. The molecule has 6 nitrogen and oxygen atoms in total. The third kappa shape index (κ3) is 3.13. The van der Waals surface area contributed by atoms with Gasteiger partial charge in [-0.15, -0.1) is 11.3 Å². The van der Waals surface area contributed by atoms with Crippen molar-refractivity contribution in [1.82, 2.24) is 14.5 Å². The molecule has 0 aliphatic carbocycles. The summed E-state index contributed by atoms with van der Waals surface area (Å²) in [6, 6.07) is 8.33. The Morgan fingerprint density at radius 2 is 1.76 bits per heavy atom. The number of rotatable bonds is 4. The number of nitrogens with two attached hydrogens (primary N) is 2. The normalized spacial score (nSPS) is 11.0. The first-order valence-electron chi connectivity index (χ1n) is 8.20. The molecule has 0 fully saturated rings. The van der Waals surface area contributed by atoms with Crippen LogP contribution in [0.1, 0.15) is 10.5 Å². The van der Waals surface area contributed by atoms with E-state index in [0.717, 1.165) is 12.1 Å². The molecule has 0 spiro atoms. The second-order valence-electron chi connectivity index (χ2n) is 5.99. The van der Waals surface area contributed by atoms with Gasteiger partial charge in [-0.1, -0.05) is 0 Å². The van der Waals surface area contributed by atoms with E-state index in [1.54, 1.807) is 29.6 Å². The molecule has 0 aliphatic heterocycles. The molecule has 2 heterocycles. The molecule has 1 amide bonds. The average molecular weight is 415 g/mol. The zero-order valence-electron chi connectivity index (χ0n) is 14.6. The van der Waals surface area contributed by atoms with Crippen molar-refractivity contribution in [2.24, 2.45) is 5.73 Å². The van der Waals surface area contributed by atoms with Gasteiger partial charge in [-0.2, -0.15) is 0 Å². The first-order valence-corrected chi connectivity index (χ1v) is 9.08. The van der Waals surface area contributed by atoms with Crippen LogP contribution in [0.4, 0.5) is 18.9 Å². The lowest BCUT2D eigenvalue weighted by atomic mass is 10.1. The quantitative estimate of drug-likeness (QED) is 0.392. The summed E-state index contributed by atoms with van der Waals surface area (Å²) in [6.45, 7) is 0. The highest BCUT2D eigenvalue weighted by Gasteiger charge is 2.28. The van der Waals surface area contributed by atoms with Crippen LogP contribution in [0.2, 0.25) is 0 Å². The number of primary amides is 1. The molecule has 0 unspecified atom stereocenters. The summed E-state index contributed by atoms with van der Waals surface area (Å²) in [4.78, 5) is 20.6. The van der Waals surface area contributed by atoms with E-state index in [2.05, 4.69) is 9.97 Å². The van der Waals surface area contributed by atoms with E-state index in [9.17, 15) is 18.0 Å². The van der Waals surface area contributed by atoms with Crippen LogP contribution >= 0.6 is 11.3 Å². The number of imidazole rings is 1. The van der Waals surface area contributed by atoms with Crippen molar-refractivity contribution in [2.45, 2.75) is 0 Å². The molecule has 10 heteroatoms. The first-order chi connectivity index (χ1) is 13.9. The van der Waals surface area contributed by atoms with Gasteiger partial charge < -0.3 is 11.5 Å². The van der Waals surface area contributed by atoms with Crippen LogP contribution in [0.5, 0.6) is 0 Å². The monoisotopic (exact) mass is 415 g/mol. The van der Waals surface area contributed by atoms with Gasteiger partial charge in [0, 0.05) is 28.4 Å². The molecule has 0 aliphatic rings. The maximum Gasteiger partial charge on any atom is 0.269 e. The van der Waals surface area contributed by atoms with E-state index in [0.29, 0.717) is 16.4 Å². The fourth-order valence-electron chi connectivity index (χ4n) is 2.89. The summed E-state index contributed by atoms with van der Waals surface area (Å²) in [5.41, 5.74) is 11.4. The molecule has 29 heavy (non-hydrogen) atoms. The molecule has 0 atom stereocenters. The average Bonchev–Trinajstić information content (AvgIpc) is 3.34. The highest BCUT2D eigenvalue weighted by molar-refractivity contribution is 7.12. The molecular formula is C19H12F3N5OS. The minimum Gasteiger partial charge on any atom is -0.399 e. The summed E-state index contributed by atoms with van der Waals surface area (Å²) < 4.78 is 43.4. The van der Waals surface area contributed by atoms with E-state index in [-0.39, 0.29) is 22.8 Å². The Morgan fingerprint density at radius 1 is 1.03 bits per heavy atom. The molecule has 4 N–H and O–H groups in total. The van der Waals surface area contributed by atoms with Gasteiger partial charge in [0.15, 0.2) is 28.3 Å². The molecule has 146 valence electrons. The van der Waals surface area contributed by atoms with Crippen LogP contribution in [0.15, 0.2) is 48.0 Å². The van der Waals surface area contributed by atoms with E-state index in [4.69, 9.17) is 11.5 Å². The predicted octanol–water partition coefficient (Wildman–Crippen LogP) is 3.76. The number of nitrogens with zero attached hydrogens (tertiary/aromatic N) is 3. The van der Waals surface area contributed by atoms with Crippen molar-refractivity contribution >= 4 is 22.9 Å². The molecular weight excluding hydrogens is 403 g/mol. The van der Waals surface area contributed by atoms with E-state index < -0.39 is 23.4 Å². The molecule has 2 aromatic heterocycles. The number of benzene rings is 2. The zero-order chi connectivity index (χ0) is 20.7. The van der Waals surface area contributed by atoms with Crippen molar-refractivity contribution in [1.29, 1.82) is 0 Å². The van der Waals surface area contributed by atoms with Crippen LogP contribution in [0, 0.1) is 17.5 Å². The number of hydrogen-bond donors (Lipinski definition) is 2. The maximum absolute atomic E-state index is 14.6. The smallest absolute Gasteiger partial charge is 0.269 e. The van der Waals surface area contributed by atoms with Crippen molar-refractivity contribution in [3.05, 3.63) is 71.1 Å². The highest BCUT2D eigenvalue weighted by atomic mass is 32.1. The number of nitrogen functional groups attached to an aromatic ring is 1. The van der Waals surface area contributed by atoms with Gasteiger partial charge in [-0.3, -0.25) is 9.36 Å². The molecule has 4 aromatic rings. The standard InChI is InChI=1S/C19H12F3N5OS/c20-12-6-5-11(13(21)14(12)22)16-15(17(24)28)26-18(9-1-3-10(23)4-2-9)27(16)19-25-7-8-29-19/h1-8H,23H2,(H2,24,28). The largest absolute Gasteiger partial charge is 0.399 e. The molecule has 0 saturated heterocycles. The number of carbonyl (C=O) groups excluding carboxylic acids is 1. The summed E-state index contributed by atoms with van der Waals surface area (Å²) in [5.74, 6) is -5.23. The second-order valence-corrected chi connectivity index (χ2v) is 6.86. The van der Waals surface area contributed by atoms with Gasteiger partial charge in [0.2, 0.25) is 0 Å². The third-order valence-corrected chi connectivity index (χ3v) is 4.94. The summed E-state index contributed by atoms with van der Waals surface area (Å²) in [6.07, 6.45) is 1.50. The third-order valence-electron chi connectivity index (χ3n) is 4.18. The highest BCUT2D eigenvalue weighted by Crippen LogP contribution is 2.36. The number of thiazole rings is 1. The lowest BCUT2D eigenvalue weighted by Gasteiger charge is -2.11. The Balaban J connectivity index is 2.11. The topological polar surface area (TPSA) is 99.8 Å². The SMILES string of the molecule is NC(=O)c1nc(-c2ccc(N)cc2)n(-c2nccs2)c1-c1ccc(F)c(F)c1F. The van der Waals surface area contributed by atoms with Crippen LogP contribution in [0.25, 0.3) is 27.8 Å². The summed E-state index contributed by atoms with van der Waals surface area (Å²) in [5, 5.41) is 1.99. The molecule has 2 aromatic carbocycles. The number of amides is 1. The molecule has 0 bridgehead atoms. The zero-order valence-corrected chi connectivity index (χ0v) is 15.4. The van der Waals surface area contributed by atoms with Gasteiger partial charge in [-0.25, -0.2) is 23.1 Å². The maximum atomic E-state index is 14.6. The molecule has 0 saturated carbocycles. The second kappa shape index (κ2) is 7.06.